The van der Waals surface area contributed by atoms with Gasteiger partial charge >= 0.3 is 0 Å². The molecule has 2 atom stereocenters. The standard InChI is InChI=1S/C15H18BrN3O2/c1-11(10-20)15(12-3-5-13(16)6-4-12)18-14(21)9-19-8-2-7-17-19/h2-8,11,15,20H,9-10H2,1H3,(H,18,21). The number of rotatable bonds is 6. The summed E-state index contributed by atoms with van der Waals surface area (Å²) in [4.78, 5) is 12.1. The number of hydrogen-bond acceptors (Lipinski definition) is 3. The van der Waals surface area contributed by atoms with E-state index < -0.39 is 0 Å². The summed E-state index contributed by atoms with van der Waals surface area (Å²) >= 11 is 3.39. The van der Waals surface area contributed by atoms with Crippen LogP contribution >= 0.6 is 15.9 Å². The molecule has 0 radical (unpaired) electrons. The van der Waals surface area contributed by atoms with E-state index in [-0.39, 0.29) is 31.0 Å². The van der Waals surface area contributed by atoms with Gasteiger partial charge in [-0.1, -0.05) is 35.0 Å². The van der Waals surface area contributed by atoms with Gasteiger partial charge in [-0.2, -0.15) is 5.10 Å². The first-order valence-electron chi connectivity index (χ1n) is 6.73. The summed E-state index contributed by atoms with van der Waals surface area (Å²) < 4.78 is 2.54. The number of hydrogen-bond donors (Lipinski definition) is 2. The van der Waals surface area contributed by atoms with Crippen molar-refractivity contribution in [3.63, 3.8) is 0 Å². The van der Waals surface area contributed by atoms with Crippen molar-refractivity contribution in [1.82, 2.24) is 15.1 Å². The lowest BCUT2D eigenvalue weighted by Crippen LogP contribution is -2.36. The van der Waals surface area contributed by atoms with Gasteiger partial charge in [-0.25, -0.2) is 0 Å². The Kier molecular flexibility index (Phi) is 5.52. The molecule has 0 aliphatic carbocycles. The van der Waals surface area contributed by atoms with E-state index in [1.165, 1.54) is 0 Å². The second kappa shape index (κ2) is 7.38. The molecule has 0 saturated carbocycles. The summed E-state index contributed by atoms with van der Waals surface area (Å²) in [6.07, 6.45) is 3.37. The van der Waals surface area contributed by atoms with Gasteiger partial charge in [0.25, 0.3) is 0 Å². The number of aliphatic hydroxyl groups is 1. The van der Waals surface area contributed by atoms with Crippen molar-refractivity contribution in [3.8, 4) is 0 Å². The fourth-order valence-electron chi connectivity index (χ4n) is 2.09. The highest BCUT2D eigenvalue weighted by atomic mass is 79.9. The van der Waals surface area contributed by atoms with Crippen molar-refractivity contribution < 1.29 is 9.90 Å². The van der Waals surface area contributed by atoms with E-state index >= 15 is 0 Å². The number of aromatic nitrogens is 2. The number of carbonyl (C=O) groups is 1. The van der Waals surface area contributed by atoms with Crippen molar-refractivity contribution in [2.45, 2.75) is 19.5 Å². The number of carbonyl (C=O) groups excluding carboxylic acids is 1. The van der Waals surface area contributed by atoms with Crippen molar-refractivity contribution in [2.75, 3.05) is 6.61 Å². The molecule has 5 nitrogen and oxygen atoms in total. The fourth-order valence-corrected chi connectivity index (χ4v) is 2.35. The Morgan fingerprint density at radius 3 is 2.71 bits per heavy atom. The van der Waals surface area contributed by atoms with E-state index in [0.717, 1.165) is 10.0 Å². The molecule has 21 heavy (non-hydrogen) atoms. The number of amides is 1. The second-order valence-corrected chi connectivity index (χ2v) is 5.88. The first kappa shape index (κ1) is 15.7. The van der Waals surface area contributed by atoms with E-state index in [9.17, 15) is 9.90 Å². The van der Waals surface area contributed by atoms with Crippen LogP contribution in [0.15, 0.2) is 47.2 Å². The molecule has 1 amide bonds. The summed E-state index contributed by atoms with van der Waals surface area (Å²) in [6.45, 7) is 2.07. The van der Waals surface area contributed by atoms with Gasteiger partial charge in [-0.15, -0.1) is 0 Å². The number of nitrogens with one attached hydrogen (secondary N) is 1. The molecule has 0 saturated heterocycles. The van der Waals surface area contributed by atoms with Crippen molar-refractivity contribution >= 4 is 21.8 Å². The smallest absolute Gasteiger partial charge is 0.242 e. The van der Waals surface area contributed by atoms with Gasteiger partial charge < -0.3 is 10.4 Å². The zero-order chi connectivity index (χ0) is 15.2. The molecule has 2 rings (SSSR count). The predicted molar refractivity (Wildman–Crippen MR) is 83.5 cm³/mol. The van der Waals surface area contributed by atoms with Crippen LogP contribution < -0.4 is 5.32 Å². The van der Waals surface area contributed by atoms with Crippen LogP contribution in [-0.2, 0) is 11.3 Å². The van der Waals surface area contributed by atoms with Gasteiger partial charge in [0.15, 0.2) is 0 Å². The van der Waals surface area contributed by atoms with Gasteiger partial charge in [0.2, 0.25) is 5.91 Å². The summed E-state index contributed by atoms with van der Waals surface area (Å²) in [7, 11) is 0. The number of aliphatic hydroxyl groups excluding tert-OH is 1. The van der Waals surface area contributed by atoms with Crippen LogP contribution in [0.25, 0.3) is 0 Å². The Hall–Kier alpha value is -1.66. The third kappa shape index (κ3) is 4.41. The first-order chi connectivity index (χ1) is 10.1. The quantitative estimate of drug-likeness (QED) is 0.837. The largest absolute Gasteiger partial charge is 0.396 e. The lowest BCUT2D eigenvalue weighted by atomic mass is 9.95. The summed E-state index contributed by atoms with van der Waals surface area (Å²) in [5.41, 5.74) is 0.966. The molecular formula is C15H18BrN3O2. The van der Waals surface area contributed by atoms with E-state index in [4.69, 9.17) is 0 Å². The Morgan fingerprint density at radius 1 is 1.43 bits per heavy atom. The number of halogens is 1. The highest BCUT2D eigenvalue weighted by Crippen LogP contribution is 2.23. The molecule has 112 valence electrons. The zero-order valence-electron chi connectivity index (χ0n) is 11.7. The van der Waals surface area contributed by atoms with E-state index in [1.54, 1.807) is 23.1 Å². The van der Waals surface area contributed by atoms with Crippen LogP contribution in [0.2, 0.25) is 0 Å². The minimum atomic E-state index is -0.230. The van der Waals surface area contributed by atoms with Crippen molar-refractivity contribution in [1.29, 1.82) is 0 Å². The Morgan fingerprint density at radius 2 is 2.14 bits per heavy atom. The maximum atomic E-state index is 12.1. The third-order valence-electron chi connectivity index (χ3n) is 3.27. The Labute approximate surface area is 132 Å². The van der Waals surface area contributed by atoms with Crippen LogP contribution in [0.1, 0.15) is 18.5 Å². The average molecular weight is 352 g/mol. The van der Waals surface area contributed by atoms with Gasteiger partial charge in [-0.3, -0.25) is 9.48 Å². The van der Waals surface area contributed by atoms with Gasteiger partial charge in [0, 0.05) is 29.4 Å². The van der Waals surface area contributed by atoms with Gasteiger partial charge in [-0.05, 0) is 23.8 Å². The topological polar surface area (TPSA) is 67.2 Å². The Balaban J connectivity index is 2.09. The molecule has 0 spiro atoms. The molecule has 1 aromatic heterocycles. The summed E-state index contributed by atoms with van der Waals surface area (Å²) in [5.74, 6) is -0.209. The second-order valence-electron chi connectivity index (χ2n) is 4.96. The highest BCUT2D eigenvalue weighted by molar-refractivity contribution is 9.10. The van der Waals surface area contributed by atoms with Crippen LogP contribution in [0.3, 0.4) is 0 Å². The van der Waals surface area contributed by atoms with Crippen molar-refractivity contribution in [3.05, 3.63) is 52.8 Å². The van der Waals surface area contributed by atoms with Crippen LogP contribution in [-0.4, -0.2) is 27.4 Å². The fraction of sp³-hybridized carbons (Fsp3) is 0.333. The molecule has 2 N–H and O–H groups in total. The summed E-state index contributed by atoms with van der Waals surface area (Å²) in [5, 5.41) is 16.4. The van der Waals surface area contributed by atoms with Gasteiger partial charge in [0.05, 0.1) is 6.04 Å². The van der Waals surface area contributed by atoms with E-state index in [0.29, 0.717) is 0 Å². The van der Waals surface area contributed by atoms with Crippen molar-refractivity contribution in [2.24, 2.45) is 5.92 Å². The van der Waals surface area contributed by atoms with Crippen LogP contribution in [0.5, 0.6) is 0 Å². The predicted octanol–water partition coefficient (Wildman–Crippen LogP) is 2.13. The molecule has 6 heteroatoms. The molecule has 1 heterocycles. The van der Waals surface area contributed by atoms with Crippen LogP contribution in [0.4, 0.5) is 0 Å². The molecule has 0 aliphatic heterocycles. The molecule has 0 fully saturated rings. The molecule has 1 aromatic carbocycles. The maximum Gasteiger partial charge on any atom is 0.242 e. The lowest BCUT2D eigenvalue weighted by Gasteiger charge is -2.24. The van der Waals surface area contributed by atoms with Crippen LogP contribution in [0, 0.1) is 5.92 Å². The minimum Gasteiger partial charge on any atom is -0.396 e. The van der Waals surface area contributed by atoms with E-state index in [2.05, 4.69) is 26.3 Å². The van der Waals surface area contributed by atoms with Gasteiger partial charge in [0.1, 0.15) is 6.54 Å². The SMILES string of the molecule is CC(CO)C(NC(=O)Cn1cccn1)c1ccc(Br)cc1. The molecule has 0 aliphatic rings. The molecule has 0 bridgehead atoms. The third-order valence-corrected chi connectivity index (χ3v) is 3.80. The highest BCUT2D eigenvalue weighted by Gasteiger charge is 2.21. The monoisotopic (exact) mass is 351 g/mol. The maximum absolute atomic E-state index is 12.1. The summed E-state index contributed by atoms with van der Waals surface area (Å²) in [6, 6.07) is 9.27. The molecular weight excluding hydrogens is 334 g/mol. The number of benzene rings is 1. The molecule has 2 unspecified atom stereocenters. The van der Waals surface area contributed by atoms with E-state index in [1.807, 2.05) is 31.2 Å². The lowest BCUT2D eigenvalue weighted by molar-refractivity contribution is -0.123. The molecule has 2 aromatic rings. The first-order valence-corrected chi connectivity index (χ1v) is 7.52. The number of nitrogens with zero attached hydrogens (tertiary/aromatic N) is 2. The minimum absolute atomic E-state index is 0.00276. The average Bonchev–Trinajstić information content (AvgIpc) is 2.98. The normalized spacial score (nSPS) is 13.7. The Bertz CT molecular complexity index is 569. The zero-order valence-corrected chi connectivity index (χ0v) is 13.3.